The Bertz CT molecular complexity index is 617. The number of amides is 1. The van der Waals surface area contributed by atoms with Crippen molar-refractivity contribution in [1.82, 2.24) is 20.3 Å². The molecule has 0 aliphatic heterocycles. The Morgan fingerprint density at radius 1 is 1.37 bits per heavy atom. The number of nitrogens with one attached hydrogen (secondary N) is 1. The highest BCUT2D eigenvalue weighted by molar-refractivity contribution is 6.33. The first-order valence-electron chi connectivity index (χ1n) is 5.55. The minimum atomic E-state index is -0.395. The van der Waals surface area contributed by atoms with Crippen LogP contribution < -0.4 is 11.1 Å². The van der Waals surface area contributed by atoms with Gasteiger partial charge in [0.05, 0.1) is 17.3 Å². The Balaban J connectivity index is 2.07. The lowest BCUT2D eigenvalue weighted by Gasteiger charge is -2.06. The summed E-state index contributed by atoms with van der Waals surface area (Å²) in [6.07, 6.45) is 1.63. The van der Waals surface area contributed by atoms with E-state index in [1.807, 2.05) is 0 Å². The van der Waals surface area contributed by atoms with Gasteiger partial charge >= 0.3 is 0 Å². The van der Waals surface area contributed by atoms with E-state index in [2.05, 4.69) is 20.3 Å². The number of anilines is 1. The average Bonchev–Trinajstić information content (AvgIpc) is 2.39. The number of aromatic nitrogens is 3. The number of aryl methyl sites for hydroxylation is 1. The third kappa shape index (κ3) is 3.38. The van der Waals surface area contributed by atoms with E-state index in [1.54, 1.807) is 19.2 Å². The Labute approximate surface area is 115 Å². The van der Waals surface area contributed by atoms with Crippen LogP contribution in [0.4, 0.5) is 5.82 Å². The number of halogens is 1. The van der Waals surface area contributed by atoms with E-state index in [9.17, 15) is 4.79 Å². The van der Waals surface area contributed by atoms with E-state index in [-0.39, 0.29) is 23.1 Å². The molecule has 7 heteroatoms. The number of hydrogen-bond acceptors (Lipinski definition) is 5. The van der Waals surface area contributed by atoms with Crippen molar-refractivity contribution in [2.24, 2.45) is 0 Å². The molecule has 2 heterocycles. The molecule has 0 aliphatic rings. The van der Waals surface area contributed by atoms with Crippen molar-refractivity contribution >= 4 is 23.3 Å². The number of nitrogen functional groups attached to an aromatic ring is 1. The molecule has 0 radical (unpaired) electrons. The minimum absolute atomic E-state index is 0.104. The predicted octanol–water partition coefficient (Wildman–Crippen LogP) is 1.35. The maximum absolute atomic E-state index is 11.9. The van der Waals surface area contributed by atoms with E-state index in [0.29, 0.717) is 11.5 Å². The smallest absolute Gasteiger partial charge is 0.271 e. The Morgan fingerprint density at radius 3 is 2.89 bits per heavy atom. The first-order chi connectivity index (χ1) is 9.06. The molecule has 0 fully saturated rings. The van der Waals surface area contributed by atoms with Gasteiger partial charge in [0.1, 0.15) is 17.3 Å². The second kappa shape index (κ2) is 5.62. The zero-order valence-corrected chi connectivity index (χ0v) is 11.0. The van der Waals surface area contributed by atoms with Crippen LogP contribution in [0, 0.1) is 6.92 Å². The van der Waals surface area contributed by atoms with Crippen LogP contribution in [-0.4, -0.2) is 20.9 Å². The molecule has 6 nitrogen and oxygen atoms in total. The molecule has 0 bridgehead atoms. The van der Waals surface area contributed by atoms with Crippen molar-refractivity contribution in [3.8, 4) is 0 Å². The Kier molecular flexibility index (Phi) is 3.91. The number of rotatable bonds is 3. The first kappa shape index (κ1) is 13.2. The van der Waals surface area contributed by atoms with Crippen molar-refractivity contribution in [2.45, 2.75) is 13.5 Å². The van der Waals surface area contributed by atoms with Gasteiger partial charge in [-0.05, 0) is 25.1 Å². The van der Waals surface area contributed by atoms with Gasteiger partial charge in [0.25, 0.3) is 5.91 Å². The lowest BCUT2D eigenvalue weighted by molar-refractivity contribution is 0.0945. The first-order valence-corrected chi connectivity index (χ1v) is 5.93. The predicted molar refractivity (Wildman–Crippen MR) is 71.6 cm³/mol. The molecule has 0 unspecified atom stereocenters. The Morgan fingerprint density at radius 2 is 2.16 bits per heavy atom. The van der Waals surface area contributed by atoms with Crippen molar-refractivity contribution < 1.29 is 4.79 Å². The zero-order valence-electron chi connectivity index (χ0n) is 10.2. The molecule has 2 aromatic rings. The minimum Gasteiger partial charge on any atom is -0.384 e. The summed E-state index contributed by atoms with van der Waals surface area (Å²) < 4.78 is 0. The molecular weight excluding hydrogens is 266 g/mol. The number of hydrogen-bond donors (Lipinski definition) is 2. The SMILES string of the molecule is Cc1nccc(CNC(=O)c2nc(N)ccc2Cl)n1. The third-order valence-electron chi connectivity index (χ3n) is 2.35. The molecule has 98 valence electrons. The fraction of sp³-hybridized carbons (Fsp3) is 0.167. The molecule has 19 heavy (non-hydrogen) atoms. The van der Waals surface area contributed by atoms with Gasteiger partial charge in [-0.3, -0.25) is 4.79 Å². The average molecular weight is 278 g/mol. The molecule has 0 saturated carbocycles. The van der Waals surface area contributed by atoms with Gasteiger partial charge in [0.2, 0.25) is 0 Å². The van der Waals surface area contributed by atoms with Crippen LogP contribution in [0.1, 0.15) is 22.0 Å². The van der Waals surface area contributed by atoms with Crippen LogP contribution in [0.3, 0.4) is 0 Å². The van der Waals surface area contributed by atoms with Crippen LogP contribution in [-0.2, 0) is 6.54 Å². The molecule has 0 aromatic carbocycles. The maximum atomic E-state index is 11.9. The molecule has 0 saturated heterocycles. The van der Waals surface area contributed by atoms with E-state index < -0.39 is 5.91 Å². The van der Waals surface area contributed by atoms with Crippen LogP contribution in [0.25, 0.3) is 0 Å². The van der Waals surface area contributed by atoms with Crippen molar-refractivity contribution in [3.63, 3.8) is 0 Å². The summed E-state index contributed by atoms with van der Waals surface area (Å²) in [5.74, 6) is 0.493. The van der Waals surface area contributed by atoms with Crippen molar-refractivity contribution in [3.05, 3.63) is 46.6 Å². The summed E-state index contributed by atoms with van der Waals surface area (Å²) in [6, 6.07) is 4.79. The van der Waals surface area contributed by atoms with Crippen LogP contribution in [0.15, 0.2) is 24.4 Å². The summed E-state index contributed by atoms with van der Waals surface area (Å²) in [4.78, 5) is 24.0. The van der Waals surface area contributed by atoms with E-state index in [1.165, 1.54) is 12.1 Å². The van der Waals surface area contributed by atoms with E-state index in [0.717, 1.165) is 0 Å². The van der Waals surface area contributed by atoms with Gasteiger partial charge in [-0.25, -0.2) is 15.0 Å². The number of nitrogens with two attached hydrogens (primary N) is 1. The van der Waals surface area contributed by atoms with Crippen LogP contribution in [0.2, 0.25) is 5.02 Å². The largest absolute Gasteiger partial charge is 0.384 e. The third-order valence-corrected chi connectivity index (χ3v) is 2.65. The molecule has 2 rings (SSSR count). The molecule has 2 aromatic heterocycles. The van der Waals surface area contributed by atoms with E-state index >= 15 is 0 Å². The summed E-state index contributed by atoms with van der Waals surface area (Å²) in [5.41, 5.74) is 6.34. The quantitative estimate of drug-likeness (QED) is 0.883. The van der Waals surface area contributed by atoms with Crippen LogP contribution >= 0.6 is 11.6 Å². The molecule has 1 amide bonds. The highest BCUT2D eigenvalue weighted by atomic mass is 35.5. The lowest BCUT2D eigenvalue weighted by atomic mass is 10.3. The fourth-order valence-electron chi connectivity index (χ4n) is 1.47. The molecule has 0 atom stereocenters. The van der Waals surface area contributed by atoms with Gasteiger partial charge in [-0.2, -0.15) is 0 Å². The van der Waals surface area contributed by atoms with Gasteiger partial charge in [-0.15, -0.1) is 0 Å². The summed E-state index contributed by atoms with van der Waals surface area (Å²) in [5, 5.41) is 2.93. The topological polar surface area (TPSA) is 93.8 Å². The molecule has 0 spiro atoms. The molecular formula is C12H12ClN5O. The van der Waals surface area contributed by atoms with E-state index in [4.69, 9.17) is 17.3 Å². The lowest BCUT2D eigenvalue weighted by Crippen LogP contribution is -2.25. The highest BCUT2D eigenvalue weighted by Gasteiger charge is 2.12. The number of nitrogens with zero attached hydrogens (tertiary/aromatic N) is 3. The summed E-state index contributed by atoms with van der Waals surface area (Å²) >= 11 is 5.89. The number of pyridine rings is 1. The number of carbonyl (C=O) groups excluding carboxylic acids is 1. The van der Waals surface area contributed by atoms with Gasteiger partial charge in [-0.1, -0.05) is 11.6 Å². The Hall–Kier alpha value is -2.21. The monoisotopic (exact) mass is 277 g/mol. The summed E-state index contributed by atoms with van der Waals surface area (Å²) in [6.45, 7) is 2.05. The molecule has 0 aliphatic carbocycles. The highest BCUT2D eigenvalue weighted by Crippen LogP contribution is 2.15. The van der Waals surface area contributed by atoms with Gasteiger partial charge in [0, 0.05) is 6.20 Å². The normalized spacial score (nSPS) is 10.2. The standard InChI is InChI=1S/C12H12ClN5O/c1-7-15-5-4-8(17-7)6-16-12(19)11-9(13)2-3-10(14)18-11/h2-5H,6H2,1H3,(H2,14,18)(H,16,19). The van der Waals surface area contributed by atoms with Crippen molar-refractivity contribution in [1.29, 1.82) is 0 Å². The zero-order chi connectivity index (χ0) is 13.8. The van der Waals surface area contributed by atoms with Crippen LogP contribution in [0.5, 0.6) is 0 Å². The van der Waals surface area contributed by atoms with Gasteiger partial charge < -0.3 is 11.1 Å². The second-order valence-corrected chi connectivity index (χ2v) is 4.25. The molecule has 3 N–H and O–H groups in total. The van der Waals surface area contributed by atoms with Gasteiger partial charge in [0.15, 0.2) is 0 Å². The maximum Gasteiger partial charge on any atom is 0.271 e. The number of carbonyl (C=O) groups is 1. The fourth-order valence-corrected chi connectivity index (χ4v) is 1.67. The second-order valence-electron chi connectivity index (χ2n) is 3.84. The summed E-state index contributed by atoms with van der Waals surface area (Å²) in [7, 11) is 0. The van der Waals surface area contributed by atoms with Crippen molar-refractivity contribution in [2.75, 3.05) is 5.73 Å².